The van der Waals surface area contributed by atoms with Crippen molar-refractivity contribution in [2.75, 3.05) is 40.8 Å². The molecule has 0 N–H and O–H groups in total. The van der Waals surface area contributed by atoms with Gasteiger partial charge in [0.25, 0.3) is 0 Å². The highest BCUT2D eigenvalue weighted by molar-refractivity contribution is 7.80. The number of hydrogen-bond donors (Lipinski definition) is 0. The van der Waals surface area contributed by atoms with E-state index in [1.165, 1.54) is 16.0 Å². The van der Waals surface area contributed by atoms with Gasteiger partial charge in [-0.15, -0.1) is 0 Å². The first-order valence-electron chi connectivity index (χ1n) is 9.32. The Morgan fingerprint density at radius 1 is 1.14 bits per heavy atom. The summed E-state index contributed by atoms with van der Waals surface area (Å²) in [5.41, 5.74) is 1.08. The SMILES string of the molecule is CCN1C(=O)C(C=NC[C@H](c2ccc(OC)cc2)N(C)C)C(=O)N(CC)C1=S. The van der Waals surface area contributed by atoms with Gasteiger partial charge in [-0.05, 0) is 57.9 Å². The average Bonchev–Trinajstić information content (AvgIpc) is 2.68. The van der Waals surface area contributed by atoms with Gasteiger partial charge in [0.1, 0.15) is 5.75 Å². The van der Waals surface area contributed by atoms with E-state index in [4.69, 9.17) is 17.0 Å². The zero-order valence-corrected chi connectivity index (χ0v) is 17.9. The van der Waals surface area contributed by atoms with Gasteiger partial charge < -0.3 is 9.64 Å². The van der Waals surface area contributed by atoms with Crippen molar-refractivity contribution in [2.24, 2.45) is 10.9 Å². The fourth-order valence-corrected chi connectivity index (χ4v) is 3.58. The van der Waals surface area contributed by atoms with Crippen LogP contribution in [-0.2, 0) is 9.59 Å². The van der Waals surface area contributed by atoms with Gasteiger partial charge in [-0.25, -0.2) is 0 Å². The van der Waals surface area contributed by atoms with Crippen LogP contribution < -0.4 is 4.74 Å². The zero-order chi connectivity index (χ0) is 20.8. The number of methoxy groups -OCH3 is 1. The van der Waals surface area contributed by atoms with Crippen LogP contribution in [0.1, 0.15) is 25.5 Å². The van der Waals surface area contributed by atoms with E-state index < -0.39 is 5.92 Å². The summed E-state index contributed by atoms with van der Waals surface area (Å²) in [4.78, 5) is 34.8. The van der Waals surface area contributed by atoms with E-state index in [0.29, 0.717) is 19.6 Å². The lowest BCUT2D eigenvalue weighted by atomic mass is 10.0. The molecule has 1 aliphatic rings. The van der Waals surface area contributed by atoms with E-state index >= 15 is 0 Å². The van der Waals surface area contributed by atoms with Gasteiger partial charge in [0.15, 0.2) is 11.0 Å². The molecule has 8 heteroatoms. The number of amides is 2. The van der Waals surface area contributed by atoms with Crippen molar-refractivity contribution in [3.05, 3.63) is 29.8 Å². The van der Waals surface area contributed by atoms with Crippen LogP contribution in [-0.4, -0.2) is 78.7 Å². The minimum Gasteiger partial charge on any atom is -0.497 e. The second kappa shape index (κ2) is 9.75. The van der Waals surface area contributed by atoms with Crippen LogP contribution in [0, 0.1) is 5.92 Å². The van der Waals surface area contributed by atoms with Crippen molar-refractivity contribution < 1.29 is 14.3 Å². The molecule has 1 aliphatic heterocycles. The summed E-state index contributed by atoms with van der Waals surface area (Å²) in [6, 6.07) is 7.81. The normalized spacial score (nSPS) is 17.1. The Morgan fingerprint density at radius 2 is 1.68 bits per heavy atom. The number of rotatable bonds is 8. The maximum atomic E-state index is 12.7. The van der Waals surface area contributed by atoms with Crippen LogP contribution in [0.25, 0.3) is 0 Å². The molecule has 0 radical (unpaired) electrons. The van der Waals surface area contributed by atoms with E-state index in [2.05, 4.69) is 9.89 Å². The molecule has 2 amide bonds. The predicted molar refractivity (Wildman–Crippen MR) is 114 cm³/mol. The van der Waals surface area contributed by atoms with Crippen LogP contribution in [0.3, 0.4) is 0 Å². The summed E-state index contributed by atoms with van der Waals surface area (Å²) in [6.07, 6.45) is 1.47. The van der Waals surface area contributed by atoms with Crippen LogP contribution in [0.2, 0.25) is 0 Å². The summed E-state index contributed by atoms with van der Waals surface area (Å²) < 4.78 is 5.21. The van der Waals surface area contributed by atoms with Crippen molar-refractivity contribution in [3.63, 3.8) is 0 Å². The second-order valence-electron chi connectivity index (χ2n) is 6.69. The van der Waals surface area contributed by atoms with Crippen molar-refractivity contribution in [1.29, 1.82) is 0 Å². The molecule has 0 saturated carbocycles. The van der Waals surface area contributed by atoms with Gasteiger partial charge in [0.05, 0.1) is 19.7 Å². The monoisotopic (exact) mass is 404 g/mol. The molecule has 1 aromatic rings. The molecule has 2 rings (SSSR count). The Labute approximate surface area is 172 Å². The quantitative estimate of drug-likeness (QED) is 0.377. The molecular formula is C20H28N4O3S. The fourth-order valence-electron chi connectivity index (χ4n) is 3.14. The molecule has 0 aliphatic carbocycles. The van der Waals surface area contributed by atoms with E-state index in [9.17, 15) is 9.59 Å². The Hall–Kier alpha value is -2.32. The van der Waals surface area contributed by atoms with Gasteiger partial charge >= 0.3 is 0 Å². The highest BCUT2D eigenvalue weighted by Crippen LogP contribution is 2.22. The first kappa shape index (κ1) is 22.0. The largest absolute Gasteiger partial charge is 0.497 e. The molecule has 1 atom stereocenters. The van der Waals surface area contributed by atoms with Crippen molar-refractivity contribution in [1.82, 2.24) is 14.7 Å². The molecule has 1 heterocycles. The van der Waals surface area contributed by atoms with Gasteiger partial charge in [0.2, 0.25) is 11.8 Å². The van der Waals surface area contributed by atoms with Gasteiger partial charge in [-0.2, -0.15) is 0 Å². The Morgan fingerprint density at radius 3 is 2.11 bits per heavy atom. The lowest BCUT2D eigenvalue weighted by molar-refractivity contribution is -0.143. The number of nitrogens with zero attached hydrogens (tertiary/aromatic N) is 4. The maximum absolute atomic E-state index is 12.7. The van der Waals surface area contributed by atoms with Crippen LogP contribution in [0.4, 0.5) is 0 Å². The summed E-state index contributed by atoms with van der Waals surface area (Å²) in [7, 11) is 5.57. The molecule has 28 heavy (non-hydrogen) atoms. The zero-order valence-electron chi connectivity index (χ0n) is 17.1. The number of likely N-dealkylation sites (N-methyl/N-ethyl adjacent to an activating group) is 1. The molecule has 1 saturated heterocycles. The third-order valence-corrected chi connectivity index (χ3v) is 5.26. The summed E-state index contributed by atoms with van der Waals surface area (Å²) in [6.45, 7) is 4.97. The molecule has 0 bridgehead atoms. The minimum atomic E-state index is -0.926. The topological polar surface area (TPSA) is 65.5 Å². The molecule has 7 nitrogen and oxygen atoms in total. The van der Waals surface area contributed by atoms with E-state index in [0.717, 1.165) is 11.3 Å². The third-order valence-electron chi connectivity index (χ3n) is 4.82. The number of aliphatic imine (C=N–C) groups is 1. The predicted octanol–water partition coefficient (Wildman–Crippen LogP) is 1.98. The van der Waals surface area contributed by atoms with Crippen molar-refractivity contribution >= 4 is 35.4 Å². The molecule has 0 spiro atoms. The standard InChI is InChI=1S/C20H28N4O3S/c1-6-23-18(25)16(19(26)24(7-2)20(23)28)12-21-13-17(22(3)4)14-8-10-15(27-5)11-9-14/h8-12,16-17H,6-7,13H2,1-5H3/t17-/m1/s1. The smallest absolute Gasteiger partial charge is 0.246 e. The molecule has 152 valence electrons. The third kappa shape index (κ3) is 4.56. The highest BCUT2D eigenvalue weighted by Gasteiger charge is 2.41. The molecule has 1 fully saturated rings. The molecule has 0 unspecified atom stereocenters. The lowest BCUT2D eigenvalue weighted by Crippen LogP contribution is -2.59. The number of thiocarbonyl (C=S) groups is 1. The molecular weight excluding hydrogens is 376 g/mol. The minimum absolute atomic E-state index is 0.0154. The van der Waals surface area contributed by atoms with Crippen LogP contribution in [0.15, 0.2) is 29.3 Å². The van der Waals surface area contributed by atoms with E-state index in [1.807, 2.05) is 52.2 Å². The Kier molecular flexibility index (Phi) is 7.65. The Bertz CT molecular complexity index is 722. The van der Waals surface area contributed by atoms with E-state index in [1.54, 1.807) is 7.11 Å². The number of hydrogen-bond acceptors (Lipinski definition) is 6. The highest BCUT2D eigenvalue weighted by atomic mass is 32.1. The van der Waals surface area contributed by atoms with Crippen molar-refractivity contribution in [3.8, 4) is 5.75 Å². The first-order chi connectivity index (χ1) is 13.3. The number of carbonyl (C=O) groups is 2. The number of carbonyl (C=O) groups excluding carboxylic acids is 2. The van der Waals surface area contributed by atoms with Crippen LogP contribution in [0.5, 0.6) is 5.75 Å². The maximum Gasteiger partial charge on any atom is 0.246 e. The number of benzene rings is 1. The van der Waals surface area contributed by atoms with E-state index in [-0.39, 0.29) is 23.0 Å². The summed E-state index contributed by atoms with van der Waals surface area (Å²) in [5, 5.41) is 0.272. The molecule has 0 aromatic heterocycles. The first-order valence-corrected chi connectivity index (χ1v) is 9.73. The number of ether oxygens (including phenoxy) is 1. The summed E-state index contributed by atoms with van der Waals surface area (Å²) in [5.74, 6) is -0.752. The second-order valence-corrected chi connectivity index (χ2v) is 7.06. The van der Waals surface area contributed by atoms with Gasteiger partial charge in [-0.3, -0.25) is 24.4 Å². The Balaban J connectivity index is 2.18. The van der Waals surface area contributed by atoms with Crippen molar-refractivity contribution in [2.45, 2.75) is 19.9 Å². The average molecular weight is 405 g/mol. The van der Waals surface area contributed by atoms with Gasteiger partial charge in [-0.1, -0.05) is 12.1 Å². The van der Waals surface area contributed by atoms with Gasteiger partial charge in [0, 0.05) is 19.3 Å². The lowest BCUT2D eigenvalue weighted by Gasteiger charge is -2.37. The van der Waals surface area contributed by atoms with Crippen LogP contribution >= 0.6 is 12.2 Å². The fraction of sp³-hybridized carbons (Fsp3) is 0.500. The molecule has 1 aromatic carbocycles. The summed E-state index contributed by atoms with van der Waals surface area (Å²) >= 11 is 5.28.